The van der Waals surface area contributed by atoms with E-state index in [0.29, 0.717) is 0 Å². The summed E-state index contributed by atoms with van der Waals surface area (Å²) in [6.45, 7) is 0. The van der Waals surface area contributed by atoms with Crippen molar-refractivity contribution in [2.24, 2.45) is 0 Å². The molecule has 0 aliphatic rings. The third-order valence-corrected chi connectivity index (χ3v) is 3.87. The van der Waals surface area contributed by atoms with Crippen molar-refractivity contribution in [2.45, 2.75) is 4.90 Å². The lowest BCUT2D eigenvalue weighted by Gasteiger charge is -2.09. The van der Waals surface area contributed by atoms with Crippen LogP contribution < -0.4 is 10.5 Å². The fourth-order valence-electron chi connectivity index (χ4n) is 1.55. The number of anilines is 2. The van der Waals surface area contributed by atoms with Crippen LogP contribution in [-0.4, -0.2) is 8.42 Å². The summed E-state index contributed by atoms with van der Waals surface area (Å²) in [7, 11) is -3.96. The number of halogens is 1. The van der Waals surface area contributed by atoms with Crippen molar-refractivity contribution in [2.75, 3.05) is 10.5 Å². The van der Waals surface area contributed by atoms with Crippen LogP contribution in [0.3, 0.4) is 0 Å². The number of hydrogen-bond donors (Lipinski definition) is 2. The number of nitriles is 1. The average molecular weight is 291 g/mol. The second kappa shape index (κ2) is 5.19. The van der Waals surface area contributed by atoms with Crippen molar-refractivity contribution in [1.82, 2.24) is 0 Å². The van der Waals surface area contributed by atoms with Gasteiger partial charge in [0.2, 0.25) is 0 Å². The van der Waals surface area contributed by atoms with Gasteiger partial charge in [-0.1, -0.05) is 6.07 Å². The van der Waals surface area contributed by atoms with Gasteiger partial charge in [0.25, 0.3) is 10.0 Å². The van der Waals surface area contributed by atoms with Crippen LogP contribution >= 0.6 is 0 Å². The van der Waals surface area contributed by atoms with E-state index < -0.39 is 15.8 Å². The SMILES string of the molecule is N#Cc1cccc(S(=O)(=O)Nc2ccc(N)cc2F)c1. The van der Waals surface area contributed by atoms with Crippen LogP contribution in [0.15, 0.2) is 47.4 Å². The molecule has 102 valence electrons. The first-order valence-corrected chi connectivity index (χ1v) is 6.99. The smallest absolute Gasteiger partial charge is 0.262 e. The van der Waals surface area contributed by atoms with Gasteiger partial charge >= 0.3 is 0 Å². The number of rotatable bonds is 3. The number of sulfonamides is 1. The highest BCUT2D eigenvalue weighted by Gasteiger charge is 2.16. The fourth-order valence-corrected chi connectivity index (χ4v) is 2.66. The topological polar surface area (TPSA) is 96.0 Å². The van der Waals surface area contributed by atoms with Gasteiger partial charge in [0.1, 0.15) is 5.82 Å². The van der Waals surface area contributed by atoms with Crippen molar-refractivity contribution in [3.8, 4) is 6.07 Å². The molecule has 2 rings (SSSR count). The van der Waals surface area contributed by atoms with Crippen LogP contribution in [-0.2, 0) is 10.0 Å². The average Bonchev–Trinajstić information content (AvgIpc) is 2.42. The summed E-state index contributed by atoms with van der Waals surface area (Å²) < 4.78 is 39.9. The standard InChI is InChI=1S/C13H10FN3O2S/c14-12-7-10(16)4-5-13(12)17-20(18,19)11-3-1-2-9(6-11)8-15/h1-7,17H,16H2. The van der Waals surface area contributed by atoms with E-state index in [1.807, 2.05) is 6.07 Å². The van der Waals surface area contributed by atoms with Crippen LogP contribution in [0.25, 0.3) is 0 Å². The summed E-state index contributed by atoms with van der Waals surface area (Å²) in [6, 6.07) is 10.9. The molecule has 0 spiro atoms. The molecule has 0 radical (unpaired) electrons. The van der Waals surface area contributed by atoms with Crippen molar-refractivity contribution in [1.29, 1.82) is 5.26 Å². The predicted octanol–water partition coefficient (Wildman–Crippen LogP) is 2.08. The molecule has 0 bridgehead atoms. The molecular weight excluding hydrogens is 281 g/mol. The Morgan fingerprint density at radius 2 is 1.95 bits per heavy atom. The Morgan fingerprint density at radius 1 is 1.20 bits per heavy atom. The van der Waals surface area contributed by atoms with Gasteiger partial charge in [0.05, 0.1) is 22.2 Å². The Bertz CT molecular complexity index is 798. The normalized spacial score (nSPS) is 10.8. The van der Waals surface area contributed by atoms with Crippen LogP contribution in [0.4, 0.5) is 15.8 Å². The highest BCUT2D eigenvalue weighted by molar-refractivity contribution is 7.92. The molecule has 0 unspecified atom stereocenters. The molecule has 2 aromatic carbocycles. The zero-order valence-electron chi connectivity index (χ0n) is 10.2. The summed E-state index contributed by atoms with van der Waals surface area (Å²) >= 11 is 0. The predicted molar refractivity (Wildman–Crippen MR) is 72.8 cm³/mol. The van der Waals surface area contributed by atoms with Gasteiger partial charge in [0, 0.05) is 5.69 Å². The van der Waals surface area contributed by atoms with Gasteiger partial charge in [-0.15, -0.1) is 0 Å². The first kappa shape index (κ1) is 13.8. The highest BCUT2D eigenvalue weighted by Crippen LogP contribution is 2.21. The van der Waals surface area contributed by atoms with E-state index in [4.69, 9.17) is 11.0 Å². The lowest BCUT2D eigenvalue weighted by molar-refractivity contribution is 0.598. The summed E-state index contributed by atoms with van der Waals surface area (Å²) in [5.41, 5.74) is 5.57. The molecule has 5 nitrogen and oxygen atoms in total. The van der Waals surface area contributed by atoms with Crippen molar-refractivity contribution in [3.05, 3.63) is 53.8 Å². The highest BCUT2D eigenvalue weighted by atomic mass is 32.2. The van der Waals surface area contributed by atoms with E-state index in [-0.39, 0.29) is 21.8 Å². The molecule has 7 heteroatoms. The molecule has 20 heavy (non-hydrogen) atoms. The number of hydrogen-bond acceptors (Lipinski definition) is 4. The van der Waals surface area contributed by atoms with E-state index in [1.54, 1.807) is 0 Å². The largest absolute Gasteiger partial charge is 0.399 e. The Kier molecular flexibility index (Phi) is 3.59. The lowest BCUT2D eigenvalue weighted by atomic mass is 10.2. The third-order valence-electron chi connectivity index (χ3n) is 2.51. The van der Waals surface area contributed by atoms with E-state index in [0.717, 1.165) is 6.07 Å². The monoisotopic (exact) mass is 291 g/mol. The number of nitrogens with two attached hydrogens (primary N) is 1. The molecular formula is C13H10FN3O2S. The number of nitrogen functional groups attached to an aromatic ring is 1. The van der Waals surface area contributed by atoms with Gasteiger partial charge in [-0.05, 0) is 36.4 Å². The maximum absolute atomic E-state index is 13.6. The molecule has 0 fully saturated rings. The Morgan fingerprint density at radius 3 is 2.60 bits per heavy atom. The third kappa shape index (κ3) is 2.87. The molecule has 0 aliphatic carbocycles. The molecule has 0 aliphatic heterocycles. The molecule has 0 heterocycles. The van der Waals surface area contributed by atoms with Gasteiger partial charge in [0.15, 0.2) is 0 Å². The summed E-state index contributed by atoms with van der Waals surface area (Å²) in [4.78, 5) is -0.118. The van der Waals surface area contributed by atoms with E-state index >= 15 is 0 Å². The first-order chi connectivity index (χ1) is 9.42. The molecule has 0 saturated carbocycles. The van der Waals surface area contributed by atoms with Crippen molar-refractivity contribution >= 4 is 21.4 Å². The molecule has 0 aromatic heterocycles. The molecule has 0 saturated heterocycles. The van der Waals surface area contributed by atoms with Crippen LogP contribution in [0.2, 0.25) is 0 Å². The molecule has 3 N–H and O–H groups in total. The van der Waals surface area contributed by atoms with Crippen molar-refractivity contribution in [3.63, 3.8) is 0 Å². The minimum atomic E-state index is -3.96. The minimum Gasteiger partial charge on any atom is -0.399 e. The number of nitrogens with zero attached hydrogens (tertiary/aromatic N) is 1. The first-order valence-electron chi connectivity index (χ1n) is 5.50. The summed E-state index contributed by atoms with van der Waals surface area (Å²) in [6.07, 6.45) is 0. The van der Waals surface area contributed by atoms with Gasteiger partial charge in [-0.3, -0.25) is 4.72 Å². The molecule has 2 aromatic rings. The Balaban J connectivity index is 2.38. The maximum atomic E-state index is 13.6. The van der Waals surface area contributed by atoms with Crippen LogP contribution in [0, 0.1) is 17.1 Å². The number of nitrogens with one attached hydrogen (secondary N) is 1. The van der Waals surface area contributed by atoms with Crippen LogP contribution in [0.1, 0.15) is 5.56 Å². The zero-order valence-corrected chi connectivity index (χ0v) is 11.0. The minimum absolute atomic E-state index is 0.118. The molecule has 0 amide bonds. The van der Waals surface area contributed by atoms with E-state index in [2.05, 4.69) is 4.72 Å². The van der Waals surface area contributed by atoms with Gasteiger partial charge < -0.3 is 5.73 Å². The van der Waals surface area contributed by atoms with Gasteiger partial charge in [-0.25, -0.2) is 12.8 Å². The van der Waals surface area contributed by atoms with Gasteiger partial charge in [-0.2, -0.15) is 5.26 Å². The summed E-state index contributed by atoms with van der Waals surface area (Å²) in [5, 5.41) is 8.75. The Labute approximate surface area is 115 Å². The fraction of sp³-hybridized carbons (Fsp3) is 0. The van der Waals surface area contributed by atoms with Crippen molar-refractivity contribution < 1.29 is 12.8 Å². The van der Waals surface area contributed by atoms with E-state index in [1.165, 1.54) is 36.4 Å². The summed E-state index contributed by atoms with van der Waals surface area (Å²) in [5.74, 6) is -0.773. The zero-order chi connectivity index (χ0) is 14.8. The van der Waals surface area contributed by atoms with E-state index in [9.17, 15) is 12.8 Å². The maximum Gasteiger partial charge on any atom is 0.262 e. The second-order valence-electron chi connectivity index (χ2n) is 3.98. The number of benzene rings is 2. The molecule has 0 atom stereocenters. The Hall–Kier alpha value is -2.59. The second-order valence-corrected chi connectivity index (χ2v) is 5.67. The quantitative estimate of drug-likeness (QED) is 0.846. The lowest BCUT2D eigenvalue weighted by Crippen LogP contribution is -2.14. The van der Waals surface area contributed by atoms with Crippen LogP contribution in [0.5, 0.6) is 0 Å².